The highest BCUT2D eigenvalue weighted by Crippen LogP contribution is 2.37. The van der Waals surface area contributed by atoms with Gasteiger partial charge in [0, 0.05) is 0 Å². The molecule has 0 spiro atoms. The minimum absolute atomic E-state index is 0.719. The van der Waals surface area contributed by atoms with E-state index in [1.807, 2.05) is 30.3 Å². The molecule has 4 aromatic rings. The number of pyridine rings is 1. The van der Waals surface area contributed by atoms with E-state index >= 15 is 0 Å². The lowest BCUT2D eigenvalue weighted by Gasteiger charge is -2.21. The maximum Gasteiger partial charge on any atom is 0.156 e. The topological polar surface area (TPSA) is 54.2 Å². The Bertz CT molecular complexity index is 1110. The Labute approximate surface area is 139 Å². The molecule has 0 atom stereocenters. The van der Waals surface area contributed by atoms with Gasteiger partial charge >= 0.3 is 0 Å². The molecule has 4 heteroatoms. The Balaban J connectivity index is 2.06. The molecule has 3 heterocycles. The summed E-state index contributed by atoms with van der Waals surface area (Å²) in [7, 11) is 0. The summed E-state index contributed by atoms with van der Waals surface area (Å²) in [5.41, 5.74) is 6.83. The highest BCUT2D eigenvalue weighted by molar-refractivity contribution is 5.87. The fourth-order valence-electron chi connectivity index (χ4n) is 3.92. The maximum atomic E-state index is 9.81. The highest BCUT2D eigenvalue weighted by atomic mass is 16.3. The molecule has 0 aliphatic heterocycles. The van der Waals surface area contributed by atoms with Gasteiger partial charge in [0.2, 0.25) is 0 Å². The number of fused-ring (bicyclic) bond motifs is 4. The monoisotopic (exact) mass is 313 g/mol. The Morgan fingerprint density at radius 2 is 1.88 bits per heavy atom. The molecule has 0 amide bonds. The summed E-state index contributed by atoms with van der Waals surface area (Å²) in [6.07, 6.45) is 5.88. The van der Waals surface area contributed by atoms with Gasteiger partial charge in [-0.2, -0.15) is 5.26 Å². The van der Waals surface area contributed by atoms with Crippen LogP contribution in [0, 0.1) is 11.3 Å². The second kappa shape index (κ2) is 4.97. The average Bonchev–Trinajstić information content (AvgIpc) is 3.27. The first kappa shape index (κ1) is 13.4. The average molecular weight is 313 g/mol. The molecule has 1 aliphatic rings. The molecule has 0 fully saturated rings. The lowest BCUT2D eigenvalue weighted by Crippen LogP contribution is -2.11. The van der Waals surface area contributed by atoms with E-state index in [0.29, 0.717) is 0 Å². The van der Waals surface area contributed by atoms with Crippen LogP contribution < -0.4 is 0 Å². The summed E-state index contributed by atoms with van der Waals surface area (Å²) in [6.45, 7) is 0. The summed E-state index contributed by atoms with van der Waals surface area (Å²) in [5.74, 6) is 0.839. The zero-order valence-electron chi connectivity index (χ0n) is 13.1. The fourth-order valence-corrected chi connectivity index (χ4v) is 3.92. The van der Waals surface area contributed by atoms with Gasteiger partial charge in [0.1, 0.15) is 6.07 Å². The van der Waals surface area contributed by atoms with Gasteiger partial charge in [0.25, 0.3) is 0 Å². The third-order valence-electron chi connectivity index (χ3n) is 4.93. The van der Waals surface area contributed by atoms with Crippen molar-refractivity contribution in [2.45, 2.75) is 25.7 Å². The number of furan rings is 1. The van der Waals surface area contributed by atoms with Crippen LogP contribution in [0.1, 0.15) is 29.5 Å². The zero-order chi connectivity index (χ0) is 16.1. The molecule has 3 aromatic heterocycles. The number of nitriles is 1. The first-order chi connectivity index (χ1) is 11.9. The molecule has 0 unspecified atom stereocenters. The third kappa shape index (κ3) is 1.70. The van der Waals surface area contributed by atoms with Gasteiger partial charge in [-0.1, -0.05) is 12.1 Å². The number of nitrogens with zero attached hydrogens (tertiary/aromatic N) is 3. The van der Waals surface area contributed by atoms with Gasteiger partial charge in [-0.05, 0) is 61.1 Å². The van der Waals surface area contributed by atoms with Gasteiger partial charge in [0.15, 0.2) is 11.4 Å². The van der Waals surface area contributed by atoms with Gasteiger partial charge in [-0.25, -0.2) is 4.98 Å². The Hall–Kier alpha value is -3.06. The Morgan fingerprint density at radius 3 is 2.67 bits per heavy atom. The van der Waals surface area contributed by atoms with Crippen LogP contribution in [0.15, 0.2) is 47.1 Å². The van der Waals surface area contributed by atoms with Crippen molar-refractivity contribution in [2.75, 3.05) is 0 Å². The van der Waals surface area contributed by atoms with Gasteiger partial charge in [-0.3, -0.25) is 4.40 Å². The van der Waals surface area contributed by atoms with E-state index in [1.54, 1.807) is 6.26 Å². The standard InChI is InChI=1S/C20H15N3O/c21-12-15-13-6-1-2-7-14(13)19(18-10-5-11-24-18)23-17-9-4-3-8-16(17)22-20(15)23/h3-5,8-11H,1-2,6-7H2. The first-order valence-electron chi connectivity index (χ1n) is 8.27. The Morgan fingerprint density at radius 1 is 1.04 bits per heavy atom. The van der Waals surface area contributed by atoms with Crippen molar-refractivity contribution in [1.29, 1.82) is 5.26 Å². The second-order valence-corrected chi connectivity index (χ2v) is 6.24. The molecule has 0 saturated heterocycles. The van der Waals surface area contributed by atoms with E-state index in [-0.39, 0.29) is 0 Å². The number of hydrogen-bond donors (Lipinski definition) is 0. The summed E-state index contributed by atoms with van der Waals surface area (Å²) in [6, 6.07) is 14.4. The molecule has 1 aliphatic carbocycles. The van der Waals surface area contributed by atoms with Crippen LogP contribution in [0.4, 0.5) is 0 Å². The molecular formula is C20H15N3O. The van der Waals surface area contributed by atoms with Crippen LogP contribution in [0.2, 0.25) is 0 Å². The van der Waals surface area contributed by atoms with E-state index in [2.05, 4.69) is 16.5 Å². The largest absolute Gasteiger partial charge is 0.463 e. The number of aromatic nitrogens is 2. The van der Waals surface area contributed by atoms with Crippen molar-refractivity contribution in [3.8, 4) is 17.5 Å². The van der Waals surface area contributed by atoms with Crippen LogP contribution in [0.3, 0.4) is 0 Å². The molecule has 0 radical (unpaired) electrons. The number of hydrogen-bond acceptors (Lipinski definition) is 3. The summed E-state index contributed by atoms with van der Waals surface area (Å²) < 4.78 is 7.86. The number of para-hydroxylation sites is 2. The van der Waals surface area contributed by atoms with E-state index in [9.17, 15) is 5.26 Å². The van der Waals surface area contributed by atoms with Crippen molar-refractivity contribution < 1.29 is 4.42 Å². The van der Waals surface area contributed by atoms with Crippen LogP contribution in [-0.2, 0) is 12.8 Å². The molecule has 1 aromatic carbocycles. The first-order valence-corrected chi connectivity index (χ1v) is 8.27. The van der Waals surface area contributed by atoms with Crippen molar-refractivity contribution in [3.63, 3.8) is 0 Å². The molecule has 0 N–H and O–H groups in total. The number of rotatable bonds is 1. The molecule has 24 heavy (non-hydrogen) atoms. The van der Waals surface area contributed by atoms with E-state index < -0.39 is 0 Å². The molecule has 4 nitrogen and oxygen atoms in total. The van der Waals surface area contributed by atoms with Crippen molar-refractivity contribution >= 4 is 16.7 Å². The summed E-state index contributed by atoms with van der Waals surface area (Å²) >= 11 is 0. The summed E-state index contributed by atoms with van der Waals surface area (Å²) in [5, 5.41) is 9.81. The predicted molar refractivity (Wildman–Crippen MR) is 91.8 cm³/mol. The van der Waals surface area contributed by atoms with Crippen LogP contribution in [-0.4, -0.2) is 9.38 Å². The normalized spacial score (nSPS) is 14.0. The van der Waals surface area contributed by atoms with E-state index in [4.69, 9.17) is 9.40 Å². The molecule has 5 rings (SSSR count). The summed E-state index contributed by atoms with van der Waals surface area (Å²) in [4.78, 5) is 4.76. The van der Waals surface area contributed by atoms with Crippen LogP contribution in [0.5, 0.6) is 0 Å². The van der Waals surface area contributed by atoms with E-state index in [0.717, 1.165) is 64.9 Å². The maximum absolute atomic E-state index is 9.81. The number of imidazole rings is 1. The second-order valence-electron chi connectivity index (χ2n) is 6.24. The quantitative estimate of drug-likeness (QED) is 0.520. The predicted octanol–water partition coefficient (Wildman–Crippen LogP) is 4.50. The minimum Gasteiger partial charge on any atom is -0.463 e. The number of benzene rings is 1. The molecule has 0 bridgehead atoms. The third-order valence-corrected chi connectivity index (χ3v) is 4.93. The zero-order valence-corrected chi connectivity index (χ0v) is 13.1. The molecular weight excluding hydrogens is 298 g/mol. The fraction of sp³-hybridized carbons (Fsp3) is 0.200. The van der Waals surface area contributed by atoms with Crippen LogP contribution in [0.25, 0.3) is 28.1 Å². The van der Waals surface area contributed by atoms with E-state index in [1.165, 1.54) is 5.56 Å². The van der Waals surface area contributed by atoms with Gasteiger partial charge in [0.05, 0.1) is 28.6 Å². The minimum atomic E-state index is 0.719. The smallest absolute Gasteiger partial charge is 0.156 e. The molecule has 0 saturated carbocycles. The van der Waals surface area contributed by atoms with Crippen molar-refractivity contribution in [2.24, 2.45) is 0 Å². The van der Waals surface area contributed by atoms with Crippen molar-refractivity contribution in [3.05, 3.63) is 59.4 Å². The molecule has 116 valence electrons. The Kier molecular flexibility index (Phi) is 2.77. The lowest BCUT2D eigenvalue weighted by molar-refractivity contribution is 0.576. The highest BCUT2D eigenvalue weighted by Gasteiger charge is 2.26. The lowest BCUT2D eigenvalue weighted by atomic mass is 9.87. The van der Waals surface area contributed by atoms with Gasteiger partial charge < -0.3 is 4.42 Å². The van der Waals surface area contributed by atoms with Crippen molar-refractivity contribution in [1.82, 2.24) is 9.38 Å². The van der Waals surface area contributed by atoms with Crippen LogP contribution >= 0.6 is 0 Å². The SMILES string of the molecule is N#Cc1c2c(c(-c3ccco3)n3c1nc1ccccc13)CCCC2. The van der Waals surface area contributed by atoms with Gasteiger partial charge in [-0.15, -0.1) is 0 Å².